The highest BCUT2D eigenvalue weighted by atomic mass is 35.5. The van der Waals surface area contributed by atoms with Gasteiger partial charge in [-0.25, -0.2) is 0 Å². The van der Waals surface area contributed by atoms with Crippen LogP contribution in [0, 0.1) is 10.1 Å². The topological polar surface area (TPSA) is 69.4 Å². The molecule has 1 aromatic carbocycles. The lowest BCUT2D eigenvalue weighted by Crippen LogP contribution is -2.05. The van der Waals surface area contributed by atoms with Crippen LogP contribution >= 0.6 is 11.6 Å². The lowest BCUT2D eigenvalue weighted by molar-refractivity contribution is -0.384. The molecular formula is C9H8ClNO4. The number of hydrogen-bond donors (Lipinski definition) is 0. The van der Waals surface area contributed by atoms with Gasteiger partial charge in [-0.05, 0) is 11.6 Å². The van der Waals surface area contributed by atoms with Crippen molar-refractivity contribution in [2.24, 2.45) is 0 Å². The molecule has 5 nitrogen and oxygen atoms in total. The largest absolute Gasteiger partial charge is 0.469 e. The molecule has 0 saturated carbocycles. The second-order valence-electron chi connectivity index (χ2n) is 2.79. The molecule has 0 radical (unpaired) electrons. The average molecular weight is 230 g/mol. The number of halogens is 1. The lowest BCUT2D eigenvalue weighted by atomic mass is 10.1. The Morgan fingerprint density at radius 3 is 2.80 bits per heavy atom. The average Bonchev–Trinajstić information content (AvgIpc) is 2.20. The highest BCUT2D eigenvalue weighted by Crippen LogP contribution is 2.22. The summed E-state index contributed by atoms with van der Waals surface area (Å²) < 4.78 is 4.44. The molecule has 1 aromatic rings. The summed E-state index contributed by atoms with van der Waals surface area (Å²) in [5, 5.41) is 10.8. The Kier molecular flexibility index (Phi) is 3.62. The van der Waals surface area contributed by atoms with E-state index in [9.17, 15) is 14.9 Å². The Bertz CT molecular complexity index is 405. The molecule has 0 unspecified atom stereocenters. The van der Waals surface area contributed by atoms with Crippen LogP contribution in [0.15, 0.2) is 18.2 Å². The maximum atomic E-state index is 11.0. The predicted octanol–water partition coefficient (Wildman–Crippen LogP) is 1.96. The summed E-state index contributed by atoms with van der Waals surface area (Å²) >= 11 is 5.77. The number of nitro groups is 1. The monoisotopic (exact) mass is 229 g/mol. The summed E-state index contributed by atoms with van der Waals surface area (Å²) in [6, 6.07) is 3.93. The Balaban J connectivity index is 3.00. The zero-order valence-corrected chi connectivity index (χ0v) is 8.65. The number of rotatable bonds is 3. The van der Waals surface area contributed by atoms with E-state index in [1.807, 2.05) is 0 Å². The van der Waals surface area contributed by atoms with E-state index in [-0.39, 0.29) is 12.1 Å². The molecule has 0 N–H and O–H groups in total. The maximum Gasteiger partial charge on any atom is 0.310 e. The van der Waals surface area contributed by atoms with Crippen molar-refractivity contribution in [3.63, 3.8) is 0 Å². The fraction of sp³-hybridized carbons (Fsp3) is 0.222. The van der Waals surface area contributed by atoms with Crippen molar-refractivity contribution in [2.75, 3.05) is 7.11 Å². The SMILES string of the molecule is COC(=O)Cc1cc([N+](=O)[O-])ccc1Cl. The Morgan fingerprint density at radius 1 is 1.60 bits per heavy atom. The van der Waals surface area contributed by atoms with E-state index in [2.05, 4.69) is 4.74 Å². The van der Waals surface area contributed by atoms with Gasteiger partial charge in [0, 0.05) is 17.2 Å². The highest BCUT2D eigenvalue weighted by molar-refractivity contribution is 6.31. The van der Waals surface area contributed by atoms with Crippen LogP contribution in [-0.4, -0.2) is 18.0 Å². The summed E-state index contributed by atoms with van der Waals surface area (Å²) in [6.45, 7) is 0. The summed E-state index contributed by atoms with van der Waals surface area (Å²) in [6.07, 6.45) is -0.0724. The first-order chi connectivity index (χ1) is 7.04. The smallest absolute Gasteiger partial charge is 0.310 e. The van der Waals surface area contributed by atoms with E-state index in [1.165, 1.54) is 25.3 Å². The van der Waals surface area contributed by atoms with Crippen molar-refractivity contribution in [1.82, 2.24) is 0 Å². The van der Waals surface area contributed by atoms with Gasteiger partial charge >= 0.3 is 5.97 Å². The molecule has 0 heterocycles. The van der Waals surface area contributed by atoms with Crippen molar-refractivity contribution < 1.29 is 14.5 Å². The van der Waals surface area contributed by atoms with Gasteiger partial charge in [0.05, 0.1) is 18.5 Å². The van der Waals surface area contributed by atoms with Crippen molar-refractivity contribution in [3.8, 4) is 0 Å². The minimum atomic E-state index is -0.545. The summed E-state index contributed by atoms with van der Waals surface area (Å²) in [5.41, 5.74) is 0.288. The fourth-order valence-corrected chi connectivity index (χ4v) is 1.22. The van der Waals surface area contributed by atoms with Crippen LogP contribution in [0.2, 0.25) is 5.02 Å². The third-order valence-corrected chi connectivity index (χ3v) is 2.17. The molecule has 6 heteroatoms. The number of benzene rings is 1. The number of hydrogen-bond acceptors (Lipinski definition) is 4. The minimum absolute atomic E-state index is 0.0724. The second-order valence-corrected chi connectivity index (χ2v) is 3.19. The molecule has 0 fully saturated rings. The molecule has 0 saturated heterocycles. The van der Waals surface area contributed by atoms with Gasteiger partial charge in [-0.3, -0.25) is 14.9 Å². The molecule has 0 aromatic heterocycles. The first kappa shape index (κ1) is 11.5. The second kappa shape index (κ2) is 4.75. The number of nitro benzene ring substituents is 1. The summed E-state index contributed by atoms with van der Waals surface area (Å²) in [7, 11) is 1.24. The molecule has 80 valence electrons. The normalized spacial score (nSPS) is 9.73. The molecule has 1 rings (SSSR count). The molecule has 0 aliphatic heterocycles. The Morgan fingerprint density at radius 2 is 2.27 bits per heavy atom. The predicted molar refractivity (Wildman–Crippen MR) is 53.8 cm³/mol. The zero-order chi connectivity index (χ0) is 11.4. The van der Waals surface area contributed by atoms with Crippen LogP contribution in [0.25, 0.3) is 0 Å². The van der Waals surface area contributed by atoms with E-state index in [1.54, 1.807) is 0 Å². The van der Waals surface area contributed by atoms with Gasteiger partial charge in [0.25, 0.3) is 5.69 Å². The van der Waals surface area contributed by atoms with E-state index in [4.69, 9.17) is 11.6 Å². The number of non-ortho nitro benzene ring substituents is 1. The van der Waals surface area contributed by atoms with Gasteiger partial charge < -0.3 is 4.74 Å². The standard InChI is InChI=1S/C9H8ClNO4/c1-15-9(12)5-6-4-7(11(13)14)2-3-8(6)10/h2-4H,5H2,1H3. The first-order valence-corrected chi connectivity index (χ1v) is 4.42. The summed E-state index contributed by atoms with van der Waals surface area (Å²) in [5.74, 6) is -0.489. The van der Waals surface area contributed by atoms with E-state index < -0.39 is 10.9 Å². The minimum Gasteiger partial charge on any atom is -0.469 e. The van der Waals surface area contributed by atoms with Crippen LogP contribution in [0.4, 0.5) is 5.69 Å². The summed E-state index contributed by atoms with van der Waals surface area (Å²) in [4.78, 5) is 20.9. The van der Waals surface area contributed by atoms with Crippen LogP contribution in [0.1, 0.15) is 5.56 Å². The van der Waals surface area contributed by atoms with Gasteiger partial charge in [0.1, 0.15) is 0 Å². The van der Waals surface area contributed by atoms with Crippen molar-refractivity contribution in [1.29, 1.82) is 0 Å². The zero-order valence-electron chi connectivity index (χ0n) is 7.90. The van der Waals surface area contributed by atoms with E-state index >= 15 is 0 Å². The van der Waals surface area contributed by atoms with Crippen molar-refractivity contribution in [3.05, 3.63) is 38.9 Å². The molecule has 0 aliphatic carbocycles. The number of esters is 1. The number of nitrogens with zero attached hydrogens (tertiary/aromatic N) is 1. The van der Waals surface area contributed by atoms with Crippen LogP contribution in [0.3, 0.4) is 0 Å². The maximum absolute atomic E-state index is 11.0. The third-order valence-electron chi connectivity index (χ3n) is 1.80. The lowest BCUT2D eigenvalue weighted by Gasteiger charge is -2.02. The molecule has 0 spiro atoms. The number of carbonyl (C=O) groups is 1. The van der Waals surface area contributed by atoms with Gasteiger partial charge in [-0.2, -0.15) is 0 Å². The quantitative estimate of drug-likeness (QED) is 0.451. The van der Waals surface area contributed by atoms with Gasteiger partial charge in [-0.1, -0.05) is 11.6 Å². The van der Waals surface area contributed by atoms with Gasteiger partial charge in [-0.15, -0.1) is 0 Å². The van der Waals surface area contributed by atoms with Crippen LogP contribution < -0.4 is 0 Å². The van der Waals surface area contributed by atoms with Crippen LogP contribution in [-0.2, 0) is 16.0 Å². The molecule has 15 heavy (non-hydrogen) atoms. The number of carbonyl (C=O) groups excluding carboxylic acids is 1. The molecule has 0 aliphatic rings. The highest BCUT2D eigenvalue weighted by Gasteiger charge is 2.12. The fourth-order valence-electron chi connectivity index (χ4n) is 1.04. The molecule has 0 atom stereocenters. The molecular weight excluding hydrogens is 222 g/mol. The Hall–Kier alpha value is -1.62. The Labute approximate surface area is 90.8 Å². The van der Waals surface area contributed by atoms with E-state index in [0.717, 1.165) is 0 Å². The molecule has 0 bridgehead atoms. The third kappa shape index (κ3) is 2.92. The van der Waals surface area contributed by atoms with Crippen LogP contribution in [0.5, 0.6) is 0 Å². The number of methoxy groups -OCH3 is 1. The number of ether oxygens (including phenoxy) is 1. The van der Waals surface area contributed by atoms with E-state index in [0.29, 0.717) is 10.6 Å². The van der Waals surface area contributed by atoms with Gasteiger partial charge in [0.2, 0.25) is 0 Å². The first-order valence-electron chi connectivity index (χ1n) is 4.04. The molecule has 0 amide bonds. The van der Waals surface area contributed by atoms with Crippen molar-refractivity contribution >= 4 is 23.3 Å². The van der Waals surface area contributed by atoms with Crippen molar-refractivity contribution in [2.45, 2.75) is 6.42 Å². The van der Waals surface area contributed by atoms with Gasteiger partial charge in [0.15, 0.2) is 0 Å².